The summed E-state index contributed by atoms with van der Waals surface area (Å²) in [6.07, 6.45) is 3.30. The van der Waals surface area contributed by atoms with Crippen molar-refractivity contribution < 1.29 is 14.6 Å². The molecule has 1 rings (SSSR count). The van der Waals surface area contributed by atoms with Gasteiger partial charge in [0, 0.05) is 12.5 Å². The van der Waals surface area contributed by atoms with Crippen molar-refractivity contribution >= 4 is 5.97 Å². The number of aliphatic carboxylic acids is 1. The number of benzene rings is 1. The van der Waals surface area contributed by atoms with E-state index in [2.05, 4.69) is 0 Å². The van der Waals surface area contributed by atoms with Crippen LogP contribution in [0.5, 0.6) is 5.75 Å². The Morgan fingerprint density at radius 2 is 2.18 bits per heavy atom. The van der Waals surface area contributed by atoms with E-state index in [0.717, 1.165) is 17.4 Å². The first-order chi connectivity index (χ1) is 8.00. The summed E-state index contributed by atoms with van der Waals surface area (Å²) in [4.78, 5) is 10.3. The van der Waals surface area contributed by atoms with Gasteiger partial charge in [-0.15, -0.1) is 0 Å². The predicted octanol–water partition coefficient (Wildman–Crippen LogP) is 3.10. The van der Waals surface area contributed by atoms with Gasteiger partial charge < -0.3 is 9.84 Å². The van der Waals surface area contributed by atoms with Gasteiger partial charge in [-0.3, -0.25) is 0 Å². The molecule has 0 radical (unpaired) electrons. The van der Waals surface area contributed by atoms with Crippen molar-refractivity contribution in [2.24, 2.45) is 0 Å². The molecule has 17 heavy (non-hydrogen) atoms. The molecule has 1 unspecified atom stereocenters. The van der Waals surface area contributed by atoms with E-state index in [0.29, 0.717) is 6.42 Å². The first-order valence-electron chi connectivity index (χ1n) is 5.63. The molecule has 0 saturated heterocycles. The average Bonchev–Trinajstić information content (AvgIpc) is 2.24. The smallest absolute Gasteiger partial charge is 0.327 e. The second-order valence-corrected chi connectivity index (χ2v) is 4.10. The molecule has 0 bridgehead atoms. The summed E-state index contributed by atoms with van der Waals surface area (Å²) < 4.78 is 5.76. The molecule has 1 atom stereocenters. The van der Waals surface area contributed by atoms with E-state index in [-0.39, 0.29) is 6.10 Å². The molecule has 0 aliphatic heterocycles. The molecule has 92 valence electrons. The maximum atomic E-state index is 10.3. The van der Waals surface area contributed by atoms with E-state index in [1.165, 1.54) is 5.56 Å². The lowest BCUT2D eigenvalue weighted by atomic mass is 10.1. The first kappa shape index (κ1) is 13.3. The number of aryl methyl sites for hydroxylation is 1. The maximum Gasteiger partial charge on any atom is 0.327 e. The molecule has 0 spiro atoms. The molecule has 1 N–H and O–H groups in total. The fourth-order valence-corrected chi connectivity index (χ4v) is 1.48. The van der Waals surface area contributed by atoms with Gasteiger partial charge in [0.1, 0.15) is 5.75 Å². The minimum atomic E-state index is -0.927. The normalized spacial score (nSPS) is 12.6. The van der Waals surface area contributed by atoms with Crippen LogP contribution < -0.4 is 4.74 Å². The Balaban J connectivity index is 2.59. The highest BCUT2D eigenvalue weighted by molar-refractivity contribution is 5.79. The highest BCUT2D eigenvalue weighted by atomic mass is 16.5. The van der Waals surface area contributed by atoms with Gasteiger partial charge in [0.15, 0.2) is 0 Å². The van der Waals surface area contributed by atoms with Crippen molar-refractivity contribution in [2.75, 3.05) is 0 Å². The zero-order valence-electron chi connectivity index (χ0n) is 10.4. The van der Waals surface area contributed by atoms with E-state index in [1.807, 2.05) is 39.0 Å². The fraction of sp³-hybridized carbons (Fsp3) is 0.357. The van der Waals surface area contributed by atoms with Crippen LogP contribution in [-0.4, -0.2) is 17.2 Å². The van der Waals surface area contributed by atoms with Crippen LogP contribution in [0, 0.1) is 13.8 Å². The molecule has 0 amide bonds. The van der Waals surface area contributed by atoms with Gasteiger partial charge in [-0.1, -0.05) is 18.2 Å². The molecule has 3 nitrogen and oxygen atoms in total. The molecule has 1 aromatic carbocycles. The van der Waals surface area contributed by atoms with E-state index >= 15 is 0 Å². The summed E-state index contributed by atoms with van der Waals surface area (Å²) in [7, 11) is 0. The SMILES string of the molecule is Cc1cccc(OC(C)C/C=C/C(=O)O)c1C. The number of rotatable bonds is 5. The summed E-state index contributed by atoms with van der Waals surface area (Å²) in [5, 5.41) is 8.47. The summed E-state index contributed by atoms with van der Waals surface area (Å²) in [5.74, 6) is -0.0647. The molecule has 0 saturated carbocycles. The van der Waals surface area contributed by atoms with Crippen molar-refractivity contribution in [3.8, 4) is 5.75 Å². The Hall–Kier alpha value is -1.77. The topological polar surface area (TPSA) is 46.5 Å². The minimum absolute atomic E-state index is 0.0360. The molecule has 0 aliphatic rings. The van der Waals surface area contributed by atoms with E-state index in [9.17, 15) is 4.79 Å². The lowest BCUT2D eigenvalue weighted by Crippen LogP contribution is -2.11. The molecular formula is C14H18O3. The van der Waals surface area contributed by atoms with Crippen molar-refractivity contribution in [3.05, 3.63) is 41.5 Å². The Morgan fingerprint density at radius 1 is 1.47 bits per heavy atom. The van der Waals surface area contributed by atoms with E-state index in [4.69, 9.17) is 9.84 Å². The predicted molar refractivity (Wildman–Crippen MR) is 67.4 cm³/mol. The largest absolute Gasteiger partial charge is 0.490 e. The molecule has 0 fully saturated rings. The van der Waals surface area contributed by atoms with Crippen LogP contribution in [0.25, 0.3) is 0 Å². The Labute approximate surface area is 102 Å². The Bertz CT molecular complexity index is 421. The quantitative estimate of drug-likeness (QED) is 0.796. The van der Waals surface area contributed by atoms with E-state index in [1.54, 1.807) is 6.08 Å². The second kappa shape index (κ2) is 6.09. The summed E-state index contributed by atoms with van der Waals surface area (Å²) in [6.45, 7) is 5.98. The van der Waals surface area contributed by atoms with Crippen molar-refractivity contribution in [1.29, 1.82) is 0 Å². The van der Waals surface area contributed by atoms with Crippen LogP contribution in [-0.2, 0) is 4.79 Å². The van der Waals surface area contributed by atoms with Gasteiger partial charge in [0.05, 0.1) is 6.10 Å². The monoisotopic (exact) mass is 234 g/mol. The van der Waals surface area contributed by atoms with Gasteiger partial charge >= 0.3 is 5.97 Å². The highest BCUT2D eigenvalue weighted by Gasteiger charge is 2.06. The van der Waals surface area contributed by atoms with Crippen LogP contribution in [0.3, 0.4) is 0 Å². The third-order valence-corrected chi connectivity index (χ3v) is 2.61. The zero-order valence-corrected chi connectivity index (χ0v) is 10.4. The van der Waals surface area contributed by atoms with Crippen molar-refractivity contribution in [2.45, 2.75) is 33.3 Å². The van der Waals surface area contributed by atoms with Crippen LogP contribution >= 0.6 is 0 Å². The Morgan fingerprint density at radius 3 is 2.82 bits per heavy atom. The van der Waals surface area contributed by atoms with Crippen LogP contribution in [0.2, 0.25) is 0 Å². The number of carboxylic acids is 1. The van der Waals surface area contributed by atoms with Gasteiger partial charge in [-0.2, -0.15) is 0 Å². The lowest BCUT2D eigenvalue weighted by molar-refractivity contribution is -0.131. The molecule has 1 aromatic rings. The highest BCUT2D eigenvalue weighted by Crippen LogP contribution is 2.22. The van der Waals surface area contributed by atoms with Crippen LogP contribution in [0.1, 0.15) is 24.5 Å². The van der Waals surface area contributed by atoms with Gasteiger partial charge in [0.2, 0.25) is 0 Å². The minimum Gasteiger partial charge on any atom is -0.490 e. The average molecular weight is 234 g/mol. The van der Waals surface area contributed by atoms with Gasteiger partial charge in [-0.05, 0) is 38.0 Å². The molecular weight excluding hydrogens is 216 g/mol. The Kier molecular flexibility index (Phi) is 4.76. The molecule has 0 aliphatic carbocycles. The number of ether oxygens (including phenoxy) is 1. The number of hydrogen-bond donors (Lipinski definition) is 1. The summed E-state index contributed by atoms with van der Waals surface area (Å²) in [5.41, 5.74) is 2.32. The number of hydrogen-bond acceptors (Lipinski definition) is 2. The molecule has 3 heteroatoms. The third-order valence-electron chi connectivity index (χ3n) is 2.61. The molecule has 0 heterocycles. The van der Waals surface area contributed by atoms with Gasteiger partial charge in [-0.25, -0.2) is 4.79 Å². The first-order valence-corrected chi connectivity index (χ1v) is 5.63. The third kappa shape index (κ3) is 4.31. The van der Waals surface area contributed by atoms with Crippen molar-refractivity contribution in [3.63, 3.8) is 0 Å². The summed E-state index contributed by atoms with van der Waals surface area (Å²) in [6, 6.07) is 5.93. The summed E-state index contributed by atoms with van der Waals surface area (Å²) >= 11 is 0. The number of carbonyl (C=O) groups is 1. The van der Waals surface area contributed by atoms with Crippen LogP contribution in [0.15, 0.2) is 30.4 Å². The van der Waals surface area contributed by atoms with Crippen LogP contribution in [0.4, 0.5) is 0 Å². The standard InChI is InChI=1S/C14H18O3/c1-10-6-4-8-13(12(10)3)17-11(2)7-5-9-14(15)16/h4-6,8-9,11H,7H2,1-3H3,(H,15,16)/b9-5+. The van der Waals surface area contributed by atoms with E-state index < -0.39 is 5.97 Å². The fourth-order valence-electron chi connectivity index (χ4n) is 1.48. The maximum absolute atomic E-state index is 10.3. The zero-order chi connectivity index (χ0) is 12.8. The molecule has 0 aromatic heterocycles. The number of carboxylic acid groups (broad SMARTS) is 1. The lowest BCUT2D eigenvalue weighted by Gasteiger charge is -2.15. The van der Waals surface area contributed by atoms with Gasteiger partial charge in [0.25, 0.3) is 0 Å². The van der Waals surface area contributed by atoms with Crippen molar-refractivity contribution in [1.82, 2.24) is 0 Å². The second-order valence-electron chi connectivity index (χ2n) is 4.10.